The third-order valence-electron chi connectivity index (χ3n) is 2.31. The fraction of sp³-hybridized carbons (Fsp3) is 0.0833. The number of halogens is 2. The van der Waals surface area contributed by atoms with Gasteiger partial charge in [0, 0.05) is 27.0 Å². The molecule has 2 rings (SSSR count). The van der Waals surface area contributed by atoms with E-state index in [4.69, 9.17) is 0 Å². The van der Waals surface area contributed by atoms with Crippen molar-refractivity contribution < 1.29 is 4.79 Å². The van der Waals surface area contributed by atoms with Crippen molar-refractivity contribution in [3.05, 3.63) is 50.3 Å². The van der Waals surface area contributed by atoms with Crippen LogP contribution in [0.4, 0.5) is 5.69 Å². The maximum atomic E-state index is 12.0. The number of anilines is 1. The molecule has 0 bridgehead atoms. The molecule has 1 heterocycles. The maximum Gasteiger partial charge on any atom is 0.272 e. The third-order valence-corrected chi connectivity index (χ3v) is 3.46. The molecule has 0 saturated heterocycles. The van der Waals surface area contributed by atoms with Gasteiger partial charge in [-0.1, -0.05) is 0 Å². The fourth-order valence-electron chi connectivity index (χ4n) is 1.48. The second kappa shape index (κ2) is 5.22. The van der Waals surface area contributed by atoms with E-state index in [0.717, 1.165) is 13.7 Å². The van der Waals surface area contributed by atoms with Crippen LogP contribution in [0.1, 0.15) is 10.5 Å². The van der Waals surface area contributed by atoms with Gasteiger partial charge in [-0.2, -0.15) is 0 Å². The van der Waals surface area contributed by atoms with Crippen LogP contribution in [0.25, 0.3) is 0 Å². The molecule has 0 saturated carbocycles. The zero-order chi connectivity index (χ0) is 12.4. The van der Waals surface area contributed by atoms with Crippen LogP contribution in [0.5, 0.6) is 0 Å². The predicted molar refractivity (Wildman–Crippen MR) is 80.2 cm³/mol. The van der Waals surface area contributed by atoms with Crippen molar-refractivity contribution in [2.24, 2.45) is 7.05 Å². The molecule has 0 spiro atoms. The first-order valence-corrected chi connectivity index (χ1v) is 6.82. The van der Waals surface area contributed by atoms with Gasteiger partial charge >= 0.3 is 0 Å². The summed E-state index contributed by atoms with van der Waals surface area (Å²) >= 11 is 5.57. The molecule has 0 aliphatic rings. The van der Waals surface area contributed by atoms with E-state index in [0.29, 0.717) is 5.69 Å². The Bertz CT molecular complexity index is 548. The molecule has 0 atom stereocenters. The summed E-state index contributed by atoms with van der Waals surface area (Å²) in [6.07, 6.45) is 1.85. The number of nitrogens with one attached hydrogen (secondary N) is 1. The molecule has 88 valence electrons. The van der Waals surface area contributed by atoms with E-state index in [1.165, 1.54) is 0 Å². The van der Waals surface area contributed by atoms with Crippen molar-refractivity contribution >= 4 is 50.1 Å². The highest BCUT2D eigenvalue weighted by Gasteiger charge is 2.10. The lowest BCUT2D eigenvalue weighted by molar-refractivity contribution is 0.101. The summed E-state index contributed by atoms with van der Waals surface area (Å²) in [6.45, 7) is 0. The van der Waals surface area contributed by atoms with Crippen LogP contribution in [0.15, 0.2) is 41.0 Å². The molecule has 0 aliphatic carbocycles. The minimum atomic E-state index is -0.112. The molecule has 1 amide bonds. The monoisotopic (exact) mass is 404 g/mol. The van der Waals surface area contributed by atoms with Gasteiger partial charge in [-0.05, 0) is 68.9 Å². The number of hydrogen-bond donors (Lipinski definition) is 1. The molecule has 0 fully saturated rings. The summed E-state index contributed by atoms with van der Waals surface area (Å²) in [5, 5.41) is 2.86. The van der Waals surface area contributed by atoms with Gasteiger partial charge in [-0.3, -0.25) is 4.79 Å². The molecule has 5 heteroatoms. The Morgan fingerprint density at radius 2 is 2.00 bits per heavy atom. The number of hydrogen-bond acceptors (Lipinski definition) is 1. The van der Waals surface area contributed by atoms with Crippen molar-refractivity contribution in [2.75, 3.05) is 5.32 Å². The Labute approximate surface area is 121 Å². The number of benzene rings is 1. The van der Waals surface area contributed by atoms with Crippen LogP contribution in [0, 0.1) is 3.57 Å². The van der Waals surface area contributed by atoms with Gasteiger partial charge in [0.05, 0.1) is 0 Å². The molecule has 1 aromatic heterocycles. The van der Waals surface area contributed by atoms with Crippen LogP contribution in [-0.2, 0) is 7.05 Å². The first-order valence-electron chi connectivity index (χ1n) is 4.95. The molecule has 3 nitrogen and oxygen atoms in total. The summed E-state index contributed by atoms with van der Waals surface area (Å²) in [5.41, 5.74) is 1.42. The summed E-state index contributed by atoms with van der Waals surface area (Å²) in [4.78, 5) is 12.0. The van der Waals surface area contributed by atoms with Crippen molar-refractivity contribution in [3.8, 4) is 0 Å². The molecule has 1 aromatic carbocycles. The zero-order valence-corrected chi connectivity index (χ0v) is 12.8. The second-order valence-electron chi connectivity index (χ2n) is 3.62. The van der Waals surface area contributed by atoms with Crippen LogP contribution < -0.4 is 5.32 Å². The molecule has 17 heavy (non-hydrogen) atoms. The zero-order valence-electron chi connectivity index (χ0n) is 9.08. The lowest BCUT2D eigenvalue weighted by atomic mass is 10.3. The molecule has 0 unspecified atom stereocenters. The van der Waals surface area contributed by atoms with Crippen molar-refractivity contribution in [2.45, 2.75) is 0 Å². The Hall–Kier alpha value is -0.820. The number of carbonyl (C=O) groups excluding carboxylic acids is 1. The van der Waals surface area contributed by atoms with E-state index in [1.807, 2.05) is 37.5 Å². The summed E-state index contributed by atoms with van der Waals surface area (Å²) in [7, 11) is 1.84. The van der Waals surface area contributed by atoms with Crippen molar-refractivity contribution in [3.63, 3.8) is 0 Å². The van der Waals surface area contributed by atoms with Crippen LogP contribution in [0.3, 0.4) is 0 Å². The van der Waals surface area contributed by atoms with E-state index >= 15 is 0 Å². The highest BCUT2D eigenvalue weighted by atomic mass is 127. The molecule has 2 aromatic rings. The largest absolute Gasteiger partial charge is 0.345 e. The minimum absolute atomic E-state index is 0.112. The minimum Gasteiger partial charge on any atom is -0.345 e. The Morgan fingerprint density at radius 1 is 1.35 bits per heavy atom. The molecule has 0 radical (unpaired) electrons. The fourth-order valence-corrected chi connectivity index (χ4v) is 2.36. The normalized spacial score (nSPS) is 10.3. The number of amides is 1. The van der Waals surface area contributed by atoms with Gasteiger partial charge in [0.1, 0.15) is 5.69 Å². The second-order valence-corrected chi connectivity index (χ2v) is 5.78. The Morgan fingerprint density at radius 3 is 2.53 bits per heavy atom. The van der Waals surface area contributed by atoms with Gasteiger partial charge in [0.15, 0.2) is 0 Å². The van der Waals surface area contributed by atoms with Crippen molar-refractivity contribution in [1.82, 2.24) is 4.57 Å². The number of rotatable bonds is 2. The summed E-state index contributed by atoms with van der Waals surface area (Å²) < 4.78 is 3.82. The lowest BCUT2D eigenvalue weighted by Crippen LogP contribution is -2.15. The van der Waals surface area contributed by atoms with E-state index < -0.39 is 0 Å². The van der Waals surface area contributed by atoms with Gasteiger partial charge in [-0.25, -0.2) is 0 Å². The number of carbonyl (C=O) groups is 1. The van der Waals surface area contributed by atoms with Crippen LogP contribution >= 0.6 is 38.5 Å². The average molecular weight is 405 g/mol. The quantitative estimate of drug-likeness (QED) is 0.761. The highest BCUT2D eigenvalue weighted by Crippen LogP contribution is 2.16. The summed E-state index contributed by atoms with van der Waals surface area (Å²) in [5.74, 6) is -0.112. The topological polar surface area (TPSA) is 34.0 Å². The first-order chi connectivity index (χ1) is 8.06. The van der Waals surface area contributed by atoms with Gasteiger partial charge in [0.2, 0.25) is 0 Å². The van der Waals surface area contributed by atoms with E-state index in [9.17, 15) is 4.79 Å². The van der Waals surface area contributed by atoms with Gasteiger partial charge in [0.25, 0.3) is 5.91 Å². The van der Waals surface area contributed by atoms with Gasteiger partial charge < -0.3 is 9.88 Å². The third kappa shape index (κ3) is 3.10. The number of nitrogens with zero attached hydrogens (tertiary/aromatic N) is 1. The Kier molecular flexibility index (Phi) is 3.88. The SMILES string of the molecule is Cn1cc(Br)cc1C(=O)Nc1ccc(I)cc1. The Balaban J connectivity index is 2.17. The molecular formula is C12H10BrIN2O. The first kappa shape index (κ1) is 12.6. The maximum absolute atomic E-state index is 12.0. The standard InChI is InChI=1S/C12H10BrIN2O/c1-16-7-8(13)6-11(16)12(17)15-10-4-2-9(14)3-5-10/h2-7H,1H3,(H,15,17). The van der Waals surface area contributed by atoms with E-state index in [-0.39, 0.29) is 5.91 Å². The van der Waals surface area contributed by atoms with E-state index in [1.54, 1.807) is 10.6 Å². The molecule has 0 aliphatic heterocycles. The van der Waals surface area contributed by atoms with Crippen LogP contribution in [-0.4, -0.2) is 10.5 Å². The highest BCUT2D eigenvalue weighted by molar-refractivity contribution is 14.1. The lowest BCUT2D eigenvalue weighted by Gasteiger charge is -2.05. The number of aromatic nitrogens is 1. The number of aryl methyl sites for hydroxylation is 1. The smallest absolute Gasteiger partial charge is 0.272 e. The molecular weight excluding hydrogens is 395 g/mol. The average Bonchev–Trinajstić information content (AvgIpc) is 2.61. The van der Waals surface area contributed by atoms with Crippen molar-refractivity contribution in [1.29, 1.82) is 0 Å². The van der Waals surface area contributed by atoms with E-state index in [2.05, 4.69) is 43.8 Å². The molecule has 1 N–H and O–H groups in total. The predicted octanol–water partition coefficient (Wildman–Crippen LogP) is 3.64. The summed E-state index contributed by atoms with van der Waals surface area (Å²) in [6, 6.07) is 9.48. The van der Waals surface area contributed by atoms with Crippen LogP contribution in [0.2, 0.25) is 0 Å². The van der Waals surface area contributed by atoms with Gasteiger partial charge in [-0.15, -0.1) is 0 Å².